The van der Waals surface area contributed by atoms with Crippen LogP contribution in [0.1, 0.15) is 33.6 Å². The third-order valence-electron chi connectivity index (χ3n) is 2.31. The molecule has 0 fully saturated rings. The van der Waals surface area contributed by atoms with Gasteiger partial charge in [-0.1, -0.05) is 20.8 Å². The van der Waals surface area contributed by atoms with Gasteiger partial charge in [0.1, 0.15) is 0 Å². The maximum absolute atomic E-state index is 11.7. The molecule has 6 heteroatoms. The molecule has 0 rings (SSSR count). The minimum atomic E-state index is -0.887. The van der Waals surface area contributed by atoms with Crippen molar-refractivity contribution in [3.8, 4) is 0 Å². The van der Waals surface area contributed by atoms with E-state index in [4.69, 9.17) is 9.84 Å². The van der Waals surface area contributed by atoms with Gasteiger partial charge in [-0.2, -0.15) is 0 Å². The highest BCUT2D eigenvalue weighted by molar-refractivity contribution is 7.99. The van der Waals surface area contributed by atoms with Crippen LogP contribution in [0.5, 0.6) is 0 Å². The highest BCUT2D eigenvalue weighted by atomic mass is 32.2. The van der Waals surface area contributed by atoms with Crippen molar-refractivity contribution in [3.05, 3.63) is 0 Å². The molecule has 0 bridgehead atoms. The molecule has 5 nitrogen and oxygen atoms in total. The summed E-state index contributed by atoms with van der Waals surface area (Å²) in [6, 6.07) is -0.312. The van der Waals surface area contributed by atoms with Crippen LogP contribution in [-0.2, 0) is 14.3 Å². The fraction of sp³-hybridized carbons (Fsp3) is 0.846. The second kappa shape index (κ2) is 9.20. The summed E-state index contributed by atoms with van der Waals surface area (Å²) in [6.45, 7) is 6.70. The number of carbonyl (C=O) groups is 2. The lowest BCUT2D eigenvalue weighted by Gasteiger charge is -2.25. The van der Waals surface area contributed by atoms with Crippen molar-refractivity contribution in [3.63, 3.8) is 0 Å². The maximum Gasteiger partial charge on any atom is 0.305 e. The highest BCUT2D eigenvalue weighted by Crippen LogP contribution is 2.22. The van der Waals surface area contributed by atoms with Gasteiger partial charge in [-0.15, -0.1) is 11.8 Å². The topological polar surface area (TPSA) is 75.6 Å². The van der Waals surface area contributed by atoms with Crippen LogP contribution in [-0.4, -0.2) is 48.2 Å². The Bertz CT molecular complexity index is 289. The first-order valence-corrected chi connectivity index (χ1v) is 7.48. The van der Waals surface area contributed by atoms with Gasteiger partial charge in [0.15, 0.2) is 0 Å². The quantitative estimate of drug-likeness (QED) is 0.633. The summed E-state index contributed by atoms with van der Waals surface area (Å²) in [6.07, 6.45) is 0.611. The lowest BCUT2D eigenvalue weighted by atomic mass is 9.87. The van der Waals surface area contributed by atoms with Crippen LogP contribution in [0.2, 0.25) is 0 Å². The Morgan fingerprint density at radius 2 is 2.00 bits per heavy atom. The number of hydrogen-bond acceptors (Lipinski definition) is 4. The maximum atomic E-state index is 11.7. The van der Waals surface area contributed by atoms with Crippen molar-refractivity contribution in [2.24, 2.45) is 5.41 Å². The average Bonchev–Trinajstić information content (AvgIpc) is 2.20. The number of nitrogens with one attached hydrogen (secondary N) is 1. The van der Waals surface area contributed by atoms with Gasteiger partial charge in [0, 0.05) is 18.9 Å². The smallest absolute Gasteiger partial charge is 0.305 e. The molecule has 0 aliphatic heterocycles. The third kappa shape index (κ3) is 12.0. The summed E-state index contributed by atoms with van der Waals surface area (Å²) < 4.78 is 4.89. The molecule has 0 aliphatic rings. The molecule has 0 saturated carbocycles. The van der Waals surface area contributed by atoms with Gasteiger partial charge in [-0.25, -0.2) is 0 Å². The number of ether oxygens (including phenoxy) is 1. The van der Waals surface area contributed by atoms with Crippen molar-refractivity contribution >= 4 is 23.6 Å². The Morgan fingerprint density at radius 3 is 2.47 bits per heavy atom. The van der Waals surface area contributed by atoms with E-state index in [-0.39, 0.29) is 23.8 Å². The van der Waals surface area contributed by atoms with E-state index in [1.807, 2.05) is 20.8 Å². The summed E-state index contributed by atoms with van der Waals surface area (Å²) in [5, 5.41) is 11.7. The zero-order valence-electron chi connectivity index (χ0n) is 12.2. The molecule has 0 aliphatic carbocycles. The van der Waals surface area contributed by atoms with Crippen LogP contribution in [0.3, 0.4) is 0 Å². The van der Waals surface area contributed by atoms with Gasteiger partial charge in [0.25, 0.3) is 0 Å². The van der Waals surface area contributed by atoms with E-state index < -0.39 is 5.97 Å². The highest BCUT2D eigenvalue weighted by Gasteiger charge is 2.22. The van der Waals surface area contributed by atoms with Crippen LogP contribution < -0.4 is 5.32 Å². The van der Waals surface area contributed by atoms with Gasteiger partial charge in [0.2, 0.25) is 5.91 Å². The average molecular weight is 291 g/mol. The Hall–Kier alpha value is -0.750. The molecule has 0 aromatic heterocycles. The van der Waals surface area contributed by atoms with Crippen LogP contribution in [0.25, 0.3) is 0 Å². The van der Waals surface area contributed by atoms with E-state index in [9.17, 15) is 9.59 Å². The fourth-order valence-corrected chi connectivity index (χ4v) is 2.40. The van der Waals surface area contributed by atoms with Gasteiger partial charge in [0.05, 0.1) is 18.8 Å². The number of hydrogen-bond donors (Lipinski definition) is 2. The summed E-state index contributed by atoms with van der Waals surface area (Å²) in [5.74, 6) is 0.0920. The molecule has 1 unspecified atom stereocenters. The summed E-state index contributed by atoms with van der Waals surface area (Å²) in [5.41, 5.74) is -0.0173. The summed E-state index contributed by atoms with van der Waals surface area (Å²) in [7, 11) is 1.62. The number of methoxy groups -OCH3 is 1. The van der Waals surface area contributed by atoms with Crippen molar-refractivity contribution < 1.29 is 19.4 Å². The van der Waals surface area contributed by atoms with Crippen LogP contribution in [0.4, 0.5) is 0 Å². The van der Waals surface area contributed by atoms with Gasteiger partial charge in [-0.3, -0.25) is 9.59 Å². The molecule has 19 heavy (non-hydrogen) atoms. The number of carboxylic acids is 1. The number of thioether (sulfide) groups is 1. The van der Waals surface area contributed by atoms with Crippen LogP contribution >= 0.6 is 11.8 Å². The SMILES string of the molecule is COCCSCC(=O)NC(CC(=O)O)CC(C)(C)C. The van der Waals surface area contributed by atoms with Crippen molar-refractivity contribution in [1.29, 1.82) is 0 Å². The number of rotatable bonds is 9. The molecular formula is C13H25NO4S. The normalized spacial score (nSPS) is 13.1. The molecule has 1 atom stereocenters. The van der Waals surface area contributed by atoms with Gasteiger partial charge in [-0.05, 0) is 11.8 Å². The first kappa shape index (κ1) is 18.2. The van der Waals surface area contributed by atoms with Gasteiger partial charge >= 0.3 is 5.97 Å². The van der Waals surface area contributed by atoms with Crippen LogP contribution in [0, 0.1) is 5.41 Å². The van der Waals surface area contributed by atoms with E-state index in [0.717, 1.165) is 5.75 Å². The molecule has 0 spiro atoms. The second-order valence-electron chi connectivity index (χ2n) is 5.67. The molecule has 0 saturated heterocycles. The Morgan fingerprint density at radius 1 is 1.37 bits per heavy atom. The number of amides is 1. The van der Waals surface area contributed by atoms with E-state index in [1.165, 1.54) is 11.8 Å². The van der Waals surface area contributed by atoms with E-state index in [2.05, 4.69) is 5.32 Å². The third-order valence-corrected chi connectivity index (χ3v) is 3.23. The Kier molecular flexibility index (Phi) is 8.84. The molecular weight excluding hydrogens is 266 g/mol. The minimum absolute atomic E-state index is 0.0173. The molecule has 112 valence electrons. The lowest BCUT2D eigenvalue weighted by molar-refractivity contribution is -0.137. The zero-order chi connectivity index (χ0) is 14.9. The first-order chi connectivity index (χ1) is 8.74. The Labute approximate surface area is 119 Å². The summed E-state index contributed by atoms with van der Waals surface area (Å²) >= 11 is 1.48. The first-order valence-electron chi connectivity index (χ1n) is 6.32. The standard InChI is InChI=1S/C13H25NO4S/c1-13(2,3)8-10(7-12(16)17)14-11(15)9-19-6-5-18-4/h10H,5-9H2,1-4H3,(H,14,15)(H,16,17). The van der Waals surface area contributed by atoms with Crippen LogP contribution in [0.15, 0.2) is 0 Å². The molecule has 1 amide bonds. The predicted molar refractivity (Wildman–Crippen MR) is 77.5 cm³/mol. The Balaban J connectivity index is 4.15. The molecule has 0 radical (unpaired) electrons. The molecule has 0 heterocycles. The number of aliphatic carboxylic acids is 1. The molecule has 0 aromatic carbocycles. The van der Waals surface area contributed by atoms with E-state index in [0.29, 0.717) is 18.8 Å². The monoisotopic (exact) mass is 291 g/mol. The molecule has 0 aromatic rings. The number of carbonyl (C=O) groups excluding carboxylic acids is 1. The molecule has 2 N–H and O–H groups in total. The fourth-order valence-electron chi connectivity index (χ4n) is 1.70. The largest absolute Gasteiger partial charge is 0.481 e. The van der Waals surface area contributed by atoms with E-state index in [1.54, 1.807) is 7.11 Å². The van der Waals surface area contributed by atoms with Gasteiger partial charge < -0.3 is 15.2 Å². The number of carboxylic acid groups (broad SMARTS) is 1. The predicted octanol–water partition coefficient (Wildman–Crippen LogP) is 1.76. The zero-order valence-corrected chi connectivity index (χ0v) is 13.0. The van der Waals surface area contributed by atoms with Crippen molar-refractivity contribution in [2.75, 3.05) is 25.2 Å². The van der Waals surface area contributed by atoms with E-state index >= 15 is 0 Å². The lowest BCUT2D eigenvalue weighted by Crippen LogP contribution is -2.40. The minimum Gasteiger partial charge on any atom is -0.481 e. The van der Waals surface area contributed by atoms with Crippen molar-refractivity contribution in [1.82, 2.24) is 5.32 Å². The van der Waals surface area contributed by atoms with Crippen molar-refractivity contribution in [2.45, 2.75) is 39.7 Å². The second-order valence-corrected chi connectivity index (χ2v) is 6.78. The summed E-state index contributed by atoms with van der Waals surface area (Å²) in [4.78, 5) is 22.5.